The van der Waals surface area contributed by atoms with E-state index in [1.54, 1.807) is 16.7 Å². The number of β-lactam (4-membered cyclic amide) rings is 1. The van der Waals surface area contributed by atoms with Crippen LogP contribution in [0.1, 0.15) is 41.3 Å². The lowest BCUT2D eigenvalue weighted by atomic mass is 9.95. The zero-order valence-electron chi connectivity index (χ0n) is 14.8. The summed E-state index contributed by atoms with van der Waals surface area (Å²) in [4.78, 5) is 32.2. The number of aromatic nitrogens is 5. The van der Waals surface area contributed by atoms with Gasteiger partial charge in [-0.1, -0.05) is 0 Å². The first-order chi connectivity index (χ1) is 12.3. The molecule has 0 aromatic carbocycles. The van der Waals surface area contributed by atoms with Crippen molar-refractivity contribution in [2.24, 2.45) is 0 Å². The normalized spacial score (nSPS) is 26.5. The third-order valence-corrected chi connectivity index (χ3v) is 7.34. The van der Waals surface area contributed by atoms with Crippen molar-refractivity contribution in [3.8, 4) is 0 Å². The van der Waals surface area contributed by atoms with Gasteiger partial charge in [-0.3, -0.25) is 9.59 Å². The second-order valence-corrected chi connectivity index (χ2v) is 10.1. The average Bonchev–Trinajstić information content (AvgIpc) is 3.23. The number of carbonyl (C=O) groups is 2. The molecule has 2 aromatic rings. The van der Waals surface area contributed by atoms with Gasteiger partial charge in [-0.2, -0.15) is 0 Å². The van der Waals surface area contributed by atoms with Crippen LogP contribution in [0.25, 0.3) is 0 Å². The van der Waals surface area contributed by atoms with Gasteiger partial charge in [0.1, 0.15) is 17.5 Å². The van der Waals surface area contributed by atoms with E-state index in [0.717, 1.165) is 15.6 Å². The lowest BCUT2D eigenvalue weighted by molar-refractivity contribution is -0.151. The summed E-state index contributed by atoms with van der Waals surface area (Å²) in [5.74, 6) is 0.317. The van der Waals surface area contributed by atoms with E-state index in [-0.39, 0.29) is 34.4 Å². The van der Waals surface area contributed by atoms with Crippen LogP contribution in [-0.4, -0.2) is 58.5 Å². The number of aromatic amines is 1. The van der Waals surface area contributed by atoms with Crippen molar-refractivity contribution < 1.29 is 9.59 Å². The summed E-state index contributed by atoms with van der Waals surface area (Å²) < 4.78 is -0.258. The maximum atomic E-state index is 12.7. The minimum absolute atomic E-state index is 0.0972. The van der Waals surface area contributed by atoms with Crippen LogP contribution < -0.4 is 5.32 Å². The summed E-state index contributed by atoms with van der Waals surface area (Å²) in [5, 5.41) is 17.7. The van der Waals surface area contributed by atoms with Gasteiger partial charge in [-0.05, 0) is 38.1 Å². The number of nitrogens with zero attached hydrogens (tertiary/aromatic N) is 5. The fourth-order valence-corrected chi connectivity index (χ4v) is 6.15. The predicted molar refractivity (Wildman–Crippen MR) is 96.4 cm³/mol. The Balaban J connectivity index is 1.47. The number of thioether (sulfide) groups is 1. The molecule has 2 aromatic heterocycles. The Morgan fingerprint density at radius 1 is 1.38 bits per heavy atom. The van der Waals surface area contributed by atoms with E-state index in [0.29, 0.717) is 5.82 Å². The van der Waals surface area contributed by atoms with Gasteiger partial charge in [0.05, 0.1) is 17.1 Å². The Kier molecular flexibility index (Phi) is 4.03. The van der Waals surface area contributed by atoms with Crippen molar-refractivity contribution in [1.29, 1.82) is 0 Å². The lowest BCUT2D eigenvalue weighted by Gasteiger charge is -2.44. The number of amides is 2. The third kappa shape index (κ3) is 2.69. The molecule has 0 bridgehead atoms. The number of hydrogen-bond donors (Lipinski definition) is 2. The van der Waals surface area contributed by atoms with E-state index in [4.69, 9.17) is 0 Å². The van der Waals surface area contributed by atoms with Crippen molar-refractivity contribution >= 4 is 34.9 Å². The van der Waals surface area contributed by atoms with Gasteiger partial charge >= 0.3 is 0 Å². The summed E-state index contributed by atoms with van der Waals surface area (Å²) in [5.41, 5.74) is 0.874. The summed E-state index contributed by atoms with van der Waals surface area (Å²) in [6.07, 6.45) is 0.247. The number of tetrazole rings is 1. The highest BCUT2D eigenvalue weighted by atomic mass is 32.2. The van der Waals surface area contributed by atoms with Crippen LogP contribution >= 0.6 is 23.1 Å². The second-order valence-electron chi connectivity index (χ2n) is 7.01. The molecule has 4 heterocycles. The SMILES string of the molecule is Cc1nc(C)c(CC(=O)NC2C(=O)N3C(c4nnn[nH]4)C(C)(C)S[C@H]23)s1. The van der Waals surface area contributed by atoms with Crippen LogP contribution in [0.3, 0.4) is 0 Å². The molecule has 0 saturated carbocycles. The topological polar surface area (TPSA) is 117 Å². The number of H-pyrrole nitrogens is 1. The molecule has 138 valence electrons. The monoisotopic (exact) mass is 393 g/mol. The maximum absolute atomic E-state index is 12.7. The Hall–Kier alpha value is -2.01. The lowest BCUT2D eigenvalue weighted by Crippen LogP contribution is -2.68. The van der Waals surface area contributed by atoms with Crippen LogP contribution in [-0.2, 0) is 16.0 Å². The van der Waals surface area contributed by atoms with Crippen molar-refractivity contribution in [2.75, 3.05) is 0 Å². The van der Waals surface area contributed by atoms with Crippen LogP contribution in [0.2, 0.25) is 0 Å². The molecule has 26 heavy (non-hydrogen) atoms. The number of aryl methyl sites for hydroxylation is 2. The van der Waals surface area contributed by atoms with Gasteiger partial charge in [0.25, 0.3) is 0 Å². The minimum Gasteiger partial charge on any atom is -0.341 e. The Bertz CT molecular complexity index is 863. The zero-order chi connectivity index (χ0) is 18.6. The molecule has 0 aliphatic carbocycles. The van der Waals surface area contributed by atoms with Gasteiger partial charge < -0.3 is 10.2 Å². The predicted octanol–water partition coefficient (Wildman–Crippen LogP) is 0.735. The number of thiazole rings is 1. The molecule has 3 atom stereocenters. The number of fused-ring (bicyclic) bond motifs is 1. The molecule has 2 aliphatic rings. The van der Waals surface area contributed by atoms with Crippen LogP contribution in [0, 0.1) is 13.8 Å². The first-order valence-corrected chi connectivity index (χ1v) is 9.93. The molecule has 9 nitrogen and oxygen atoms in total. The van der Waals surface area contributed by atoms with Crippen LogP contribution in [0.15, 0.2) is 0 Å². The zero-order valence-corrected chi connectivity index (χ0v) is 16.4. The molecule has 2 N–H and O–H groups in total. The van der Waals surface area contributed by atoms with E-state index >= 15 is 0 Å². The maximum Gasteiger partial charge on any atom is 0.249 e. The molecular formula is C15H19N7O2S2. The number of carbonyl (C=O) groups excluding carboxylic acids is 2. The fourth-order valence-electron chi connectivity index (χ4n) is 3.58. The Morgan fingerprint density at radius 3 is 2.77 bits per heavy atom. The quantitative estimate of drug-likeness (QED) is 0.736. The fraction of sp³-hybridized carbons (Fsp3) is 0.600. The highest BCUT2D eigenvalue weighted by Crippen LogP contribution is 2.56. The minimum atomic E-state index is -0.512. The molecular weight excluding hydrogens is 374 g/mol. The summed E-state index contributed by atoms with van der Waals surface area (Å²) in [6, 6.07) is -0.749. The number of hydrogen-bond acceptors (Lipinski definition) is 8. The van der Waals surface area contributed by atoms with Gasteiger partial charge in [0.15, 0.2) is 5.82 Å². The van der Waals surface area contributed by atoms with Gasteiger partial charge in [-0.15, -0.1) is 28.2 Å². The summed E-state index contributed by atoms with van der Waals surface area (Å²) >= 11 is 3.17. The molecule has 0 spiro atoms. The number of rotatable bonds is 4. The molecule has 2 saturated heterocycles. The average molecular weight is 393 g/mol. The number of nitrogens with one attached hydrogen (secondary N) is 2. The molecule has 2 unspecified atom stereocenters. The molecule has 0 radical (unpaired) electrons. The van der Waals surface area contributed by atoms with Crippen molar-refractivity contribution in [3.05, 3.63) is 21.4 Å². The van der Waals surface area contributed by atoms with E-state index in [1.165, 1.54) is 11.3 Å². The Labute approximate surface area is 158 Å². The first kappa shape index (κ1) is 17.4. The Morgan fingerprint density at radius 2 is 2.15 bits per heavy atom. The molecule has 2 amide bonds. The van der Waals surface area contributed by atoms with Crippen LogP contribution in [0.4, 0.5) is 0 Å². The molecule has 4 rings (SSSR count). The van der Waals surface area contributed by atoms with Crippen molar-refractivity contribution in [1.82, 2.24) is 35.8 Å². The van der Waals surface area contributed by atoms with Gasteiger partial charge in [-0.25, -0.2) is 10.1 Å². The highest BCUT2D eigenvalue weighted by molar-refractivity contribution is 8.01. The van der Waals surface area contributed by atoms with E-state index in [2.05, 4.69) is 44.8 Å². The van der Waals surface area contributed by atoms with Crippen molar-refractivity contribution in [3.63, 3.8) is 0 Å². The highest BCUT2D eigenvalue weighted by Gasteiger charge is 2.63. The first-order valence-electron chi connectivity index (χ1n) is 8.24. The molecule has 11 heteroatoms. The van der Waals surface area contributed by atoms with Gasteiger partial charge in [0.2, 0.25) is 11.8 Å². The molecule has 2 aliphatic heterocycles. The van der Waals surface area contributed by atoms with E-state index in [9.17, 15) is 9.59 Å². The summed E-state index contributed by atoms with van der Waals surface area (Å²) in [6.45, 7) is 7.92. The van der Waals surface area contributed by atoms with E-state index < -0.39 is 6.04 Å². The molecule has 2 fully saturated rings. The van der Waals surface area contributed by atoms with Gasteiger partial charge in [0, 0.05) is 9.62 Å². The van der Waals surface area contributed by atoms with E-state index in [1.807, 2.05) is 13.8 Å². The summed E-state index contributed by atoms with van der Waals surface area (Å²) in [7, 11) is 0. The smallest absolute Gasteiger partial charge is 0.249 e. The standard InChI is InChI=1S/C15H19N7O2S2/c1-6-8(25-7(2)16-6)5-9(23)17-10-13(24)22-11(12-18-20-21-19-12)15(3,4)26-14(10)22/h10-11,14H,5H2,1-4H3,(H,17,23)(H,18,19,20,21)/t10?,11?,14-/m1/s1. The van der Waals surface area contributed by atoms with Crippen LogP contribution in [0.5, 0.6) is 0 Å². The third-order valence-electron chi connectivity index (χ3n) is 4.70. The van der Waals surface area contributed by atoms with Crippen molar-refractivity contribution in [2.45, 2.75) is 56.3 Å². The second kappa shape index (κ2) is 6.02. The largest absolute Gasteiger partial charge is 0.341 e.